The summed E-state index contributed by atoms with van der Waals surface area (Å²) in [7, 11) is -3.62. The van der Waals surface area contributed by atoms with Crippen LogP contribution in [0.2, 0.25) is 0 Å². The zero-order valence-corrected chi connectivity index (χ0v) is 19.6. The fourth-order valence-corrected chi connectivity index (χ4v) is 5.79. The summed E-state index contributed by atoms with van der Waals surface area (Å²) < 4.78 is 27.8. The number of sulfonamides is 1. The predicted molar refractivity (Wildman–Crippen MR) is 131 cm³/mol. The molecule has 2 amide bonds. The molecule has 1 saturated heterocycles. The van der Waals surface area contributed by atoms with Gasteiger partial charge in [0.15, 0.2) is 0 Å². The Morgan fingerprint density at radius 2 is 1.50 bits per heavy atom. The van der Waals surface area contributed by atoms with Crippen LogP contribution >= 0.6 is 0 Å². The van der Waals surface area contributed by atoms with E-state index in [0.717, 1.165) is 23.6 Å². The van der Waals surface area contributed by atoms with Gasteiger partial charge in [-0.3, -0.25) is 9.59 Å². The van der Waals surface area contributed by atoms with Gasteiger partial charge < -0.3 is 10.6 Å². The molecule has 1 heterocycles. The van der Waals surface area contributed by atoms with Gasteiger partial charge in [-0.15, -0.1) is 0 Å². The van der Waals surface area contributed by atoms with Crippen molar-refractivity contribution in [3.8, 4) is 0 Å². The number of carbonyl (C=O) groups is 2. The van der Waals surface area contributed by atoms with E-state index >= 15 is 0 Å². The minimum absolute atomic E-state index is 0.0969. The van der Waals surface area contributed by atoms with Crippen molar-refractivity contribution in [2.75, 3.05) is 18.4 Å². The first-order valence-corrected chi connectivity index (χ1v) is 13.0. The Balaban J connectivity index is 1.18. The second-order valence-corrected chi connectivity index (χ2v) is 10.9. The smallest absolute Gasteiger partial charge is 0.251 e. The van der Waals surface area contributed by atoms with Gasteiger partial charge in [0.25, 0.3) is 5.91 Å². The summed E-state index contributed by atoms with van der Waals surface area (Å²) in [6.45, 7) is 0.598. The van der Waals surface area contributed by atoms with Gasteiger partial charge in [0.2, 0.25) is 15.9 Å². The first kappa shape index (κ1) is 22.6. The molecule has 176 valence electrons. The molecule has 2 fully saturated rings. The SMILES string of the molecule is O=C(NC1CC1)c1ccc(NC(=O)C2CCN(S(=O)(=O)c3ccc4ccccc4c3)CC2)cc1. The summed E-state index contributed by atoms with van der Waals surface area (Å²) in [6.07, 6.45) is 2.98. The number of hydrogen-bond acceptors (Lipinski definition) is 4. The van der Waals surface area contributed by atoms with Crippen molar-refractivity contribution in [1.29, 1.82) is 0 Å². The minimum Gasteiger partial charge on any atom is -0.349 e. The topological polar surface area (TPSA) is 95.6 Å². The third-order valence-electron chi connectivity index (χ3n) is 6.51. The molecule has 0 radical (unpaired) electrons. The molecule has 3 aromatic carbocycles. The van der Waals surface area contributed by atoms with Crippen molar-refractivity contribution in [1.82, 2.24) is 9.62 Å². The first-order chi connectivity index (χ1) is 16.4. The van der Waals surface area contributed by atoms with Gasteiger partial charge in [-0.05, 0) is 72.9 Å². The van der Waals surface area contributed by atoms with E-state index in [1.165, 1.54) is 4.31 Å². The summed E-state index contributed by atoms with van der Waals surface area (Å²) in [6, 6.07) is 20.0. The van der Waals surface area contributed by atoms with E-state index in [4.69, 9.17) is 0 Å². The van der Waals surface area contributed by atoms with Gasteiger partial charge >= 0.3 is 0 Å². The van der Waals surface area contributed by atoms with Gasteiger partial charge in [0.05, 0.1) is 4.90 Å². The zero-order valence-electron chi connectivity index (χ0n) is 18.7. The number of rotatable bonds is 6. The number of piperidine rings is 1. The van der Waals surface area contributed by atoms with Crippen molar-refractivity contribution >= 4 is 38.3 Å². The molecular weight excluding hydrogens is 450 g/mol. The van der Waals surface area contributed by atoms with Crippen LogP contribution in [0.4, 0.5) is 5.69 Å². The van der Waals surface area contributed by atoms with E-state index in [-0.39, 0.29) is 22.6 Å². The van der Waals surface area contributed by atoms with Crippen LogP contribution in [0.3, 0.4) is 0 Å². The van der Waals surface area contributed by atoms with Crippen LogP contribution in [-0.4, -0.2) is 43.7 Å². The quantitative estimate of drug-likeness (QED) is 0.565. The van der Waals surface area contributed by atoms with Crippen LogP contribution in [0.15, 0.2) is 71.6 Å². The van der Waals surface area contributed by atoms with Gasteiger partial charge in [0.1, 0.15) is 0 Å². The maximum Gasteiger partial charge on any atom is 0.251 e. The van der Waals surface area contributed by atoms with Gasteiger partial charge in [-0.1, -0.05) is 30.3 Å². The Kier molecular flexibility index (Phi) is 6.10. The number of fused-ring (bicyclic) bond motifs is 1. The molecule has 0 bridgehead atoms. The van der Waals surface area contributed by atoms with Gasteiger partial charge in [-0.25, -0.2) is 8.42 Å². The third-order valence-corrected chi connectivity index (χ3v) is 8.41. The third kappa shape index (κ3) is 4.83. The van der Waals surface area contributed by atoms with Crippen molar-refractivity contribution in [2.24, 2.45) is 5.92 Å². The molecule has 0 unspecified atom stereocenters. The Hall–Kier alpha value is -3.23. The van der Waals surface area contributed by atoms with Crippen molar-refractivity contribution in [3.05, 3.63) is 72.3 Å². The Bertz CT molecular complexity index is 1330. The number of amides is 2. The normalized spacial score (nSPS) is 17.4. The molecule has 3 aromatic rings. The number of benzene rings is 3. The number of anilines is 1. The number of hydrogen-bond donors (Lipinski definition) is 2. The molecule has 2 aliphatic rings. The second-order valence-electron chi connectivity index (χ2n) is 9.00. The Morgan fingerprint density at radius 1 is 0.824 bits per heavy atom. The van der Waals surface area contributed by atoms with Crippen LogP contribution in [0, 0.1) is 5.92 Å². The predicted octanol–water partition coefficient (Wildman–Crippen LogP) is 3.77. The lowest BCUT2D eigenvalue weighted by Crippen LogP contribution is -2.41. The fraction of sp³-hybridized carbons (Fsp3) is 0.308. The van der Waals surface area contributed by atoms with Crippen molar-refractivity contribution in [2.45, 2.75) is 36.6 Å². The molecule has 7 nitrogen and oxygen atoms in total. The molecule has 34 heavy (non-hydrogen) atoms. The lowest BCUT2D eigenvalue weighted by molar-refractivity contribution is -0.120. The number of nitrogens with zero attached hydrogens (tertiary/aromatic N) is 1. The van der Waals surface area contributed by atoms with Crippen LogP contribution in [-0.2, 0) is 14.8 Å². The fourth-order valence-electron chi connectivity index (χ4n) is 4.28. The largest absolute Gasteiger partial charge is 0.349 e. The molecule has 0 aromatic heterocycles. The van der Waals surface area contributed by atoms with Crippen LogP contribution in [0.25, 0.3) is 10.8 Å². The maximum absolute atomic E-state index is 13.1. The first-order valence-electron chi connectivity index (χ1n) is 11.6. The summed E-state index contributed by atoms with van der Waals surface area (Å²) in [5, 5.41) is 7.71. The average Bonchev–Trinajstić information content (AvgIpc) is 3.68. The molecule has 1 aliphatic carbocycles. The lowest BCUT2D eigenvalue weighted by atomic mass is 9.97. The van der Waals surface area contributed by atoms with Gasteiger partial charge in [0, 0.05) is 36.3 Å². The average molecular weight is 478 g/mol. The van der Waals surface area contributed by atoms with Crippen LogP contribution in [0.5, 0.6) is 0 Å². The molecule has 0 atom stereocenters. The Labute approximate surface area is 199 Å². The highest BCUT2D eigenvalue weighted by Gasteiger charge is 2.32. The molecule has 1 aliphatic heterocycles. The molecule has 5 rings (SSSR count). The zero-order chi connectivity index (χ0) is 23.7. The lowest BCUT2D eigenvalue weighted by Gasteiger charge is -2.30. The molecule has 8 heteroatoms. The van der Waals surface area contributed by atoms with E-state index in [2.05, 4.69) is 10.6 Å². The van der Waals surface area contributed by atoms with Crippen LogP contribution in [0.1, 0.15) is 36.0 Å². The number of nitrogens with one attached hydrogen (secondary N) is 2. The van der Waals surface area contributed by atoms with E-state index in [1.807, 2.05) is 30.3 Å². The summed E-state index contributed by atoms with van der Waals surface area (Å²) in [5.74, 6) is -0.487. The maximum atomic E-state index is 13.1. The van der Waals surface area contributed by atoms with E-state index in [9.17, 15) is 18.0 Å². The van der Waals surface area contributed by atoms with Crippen LogP contribution < -0.4 is 10.6 Å². The molecule has 2 N–H and O–H groups in total. The van der Waals surface area contributed by atoms with E-state index < -0.39 is 10.0 Å². The number of carbonyl (C=O) groups excluding carboxylic acids is 2. The Morgan fingerprint density at radius 3 is 2.18 bits per heavy atom. The standard InChI is InChI=1S/C26H27N3O4S/c30-25(28-23-10-11-23)19-5-8-22(9-6-19)27-26(31)20-13-15-29(16-14-20)34(32,33)24-12-7-18-3-1-2-4-21(18)17-24/h1-9,12,17,20,23H,10-11,13-16H2,(H,27,31)(H,28,30). The monoisotopic (exact) mass is 477 g/mol. The minimum atomic E-state index is -3.62. The van der Waals surface area contributed by atoms with E-state index in [1.54, 1.807) is 36.4 Å². The highest BCUT2D eigenvalue weighted by Crippen LogP contribution is 2.27. The summed E-state index contributed by atoms with van der Waals surface area (Å²) in [4.78, 5) is 25.1. The highest BCUT2D eigenvalue weighted by atomic mass is 32.2. The van der Waals surface area contributed by atoms with Crippen molar-refractivity contribution in [3.63, 3.8) is 0 Å². The second kappa shape index (κ2) is 9.19. The molecular formula is C26H27N3O4S. The van der Waals surface area contributed by atoms with Crippen molar-refractivity contribution < 1.29 is 18.0 Å². The summed E-state index contributed by atoms with van der Waals surface area (Å²) in [5.41, 5.74) is 1.19. The van der Waals surface area contributed by atoms with Gasteiger partial charge in [-0.2, -0.15) is 4.31 Å². The molecule has 0 spiro atoms. The summed E-state index contributed by atoms with van der Waals surface area (Å²) >= 11 is 0. The highest BCUT2D eigenvalue weighted by molar-refractivity contribution is 7.89. The molecule has 1 saturated carbocycles. The van der Waals surface area contributed by atoms with E-state index in [0.29, 0.717) is 43.2 Å².